The second kappa shape index (κ2) is 7.51. The molecule has 3 heterocycles. The Morgan fingerprint density at radius 3 is 2.88 bits per heavy atom. The van der Waals surface area contributed by atoms with Gasteiger partial charge in [0, 0.05) is 42.3 Å². The van der Waals surface area contributed by atoms with Gasteiger partial charge < -0.3 is 14.6 Å². The molecule has 1 fully saturated rings. The number of aromatic nitrogens is 4. The molecule has 8 heteroatoms. The van der Waals surface area contributed by atoms with E-state index in [1.807, 2.05) is 24.3 Å². The number of carbonyl (C=O) groups excluding carboxylic acids is 1. The van der Waals surface area contributed by atoms with Crippen LogP contribution in [0.4, 0.5) is 5.95 Å². The molecule has 136 valence electrons. The monoisotopic (exact) mass is 371 g/mol. The maximum Gasteiger partial charge on any atom is 0.228 e. The number of carbonyl (C=O) groups is 1. The molecule has 0 amide bonds. The highest BCUT2D eigenvalue weighted by Gasteiger charge is 2.21. The fourth-order valence-corrected chi connectivity index (χ4v) is 4.05. The lowest BCUT2D eigenvalue weighted by molar-refractivity contribution is 0.102. The van der Waals surface area contributed by atoms with Gasteiger partial charge in [-0.1, -0.05) is 30.0 Å². The number of nitrogens with zero attached hydrogens (tertiary/aromatic N) is 4. The van der Waals surface area contributed by atoms with Crippen molar-refractivity contribution in [2.45, 2.75) is 18.6 Å². The third-order valence-corrected chi connectivity index (χ3v) is 5.50. The van der Waals surface area contributed by atoms with E-state index >= 15 is 0 Å². The summed E-state index contributed by atoms with van der Waals surface area (Å²) in [7, 11) is 0. The van der Waals surface area contributed by atoms with E-state index in [4.69, 9.17) is 4.74 Å². The molecule has 0 aliphatic carbocycles. The number of thioether (sulfide) groups is 1. The second-order valence-corrected chi connectivity index (χ2v) is 7.03. The summed E-state index contributed by atoms with van der Waals surface area (Å²) in [4.78, 5) is 18.0. The molecule has 0 spiro atoms. The Morgan fingerprint density at radius 2 is 2.08 bits per heavy atom. The molecular weight excluding hydrogens is 350 g/mol. The summed E-state index contributed by atoms with van der Waals surface area (Å²) in [5, 5.41) is 10.4. The van der Waals surface area contributed by atoms with Crippen molar-refractivity contribution in [3.63, 3.8) is 0 Å². The number of benzene rings is 1. The summed E-state index contributed by atoms with van der Waals surface area (Å²) in [6.45, 7) is 5.88. The first-order valence-corrected chi connectivity index (χ1v) is 9.74. The van der Waals surface area contributed by atoms with Crippen LogP contribution in [0.1, 0.15) is 17.3 Å². The quantitative estimate of drug-likeness (QED) is 0.530. The van der Waals surface area contributed by atoms with E-state index < -0.39 is 0 Å². The molecule has 0 atom stereocenters. The molecular formula is C18H21N5O2S. The van der Waals surface area contributed by atoms with Crippen LogP contribution in [0.3, 0.4) is 0 Å². The second-order valence-electron chi connectivity index (χ2n) is 6.09. The van der Waals surface area contributed by atoms with Crippen molar-refractivity contribution in [3.05, 3.63) is 36.0 Å². The third kappa shape index (κ3) is 3.22. The number of ether oxygens (including phenoxy) is 1. The number of Topliss-reactive ketones (excluding diaryl/α,β-unsaturated/α-hetero) is 1. The topological polar surface area (TPSA) is 76.0 Å². The van der Waals surface area contributed by atoms with Gasteiger partial charge in [0.2, 0.25) is 5.95 Å². The Kier molecular flexibility index (Phi) is 4.94. The summed E-state index contributed by atoms with van der Waals surface area (Å²) in [5.74, 6) is 1.28. The van der Waals surface area contributed by atoms with E-state index in [0.29, 0.717) is 19.0 Å². The lowest BCUT2D eigenvalue weighted by Crippen LogP contribution is -2.38. The van der Waals surface area contributed by atoms with E-state index in [0.717, 1.165) is 47.2 Å². The Labute approximate surface area is 155 Å². The largest absolute Gasteiger partial charge is 0.378 e. The Hall–Kier alpha value is -2.32. The number of fused-ring (bicyclic) bond motifs is 1. The van der Waals surface area contributed by atoms with Crippen LogP contribution in [0.15, 0.2) is 35.6 Å². The Morgan fingerprint density at radius 1 is 1.27 bits per heavy atom. The van der Waals surface area contributed by atoms with Crippen LogP contribution in [0.25, 0.3) is 10.9 Å². The van der Waals surface area contributed by atoms with Gasteiger partial charge in [0.25, 0.3) is 0 Å². The van der Waals surface area contributed by atoms with Gasteiger partial charge in [-0.2, -0.15) is 0 Å². The summed E-state index contributed by atoms with van der Waals surface area (Å²) in [6, 6.07) is 7.84. The molecule has 0 saturated carbocycles. The molecule has 1 aliphatic rings. The van der Waals surface area contributed by atoms with Gasteiger partial charge in [0.15, 0.2) is 10.9 Å². The van der Waals surface area contributed by atoms with Crippen molar-refractivity contribution in [1.29, 1.82) is 0 Å². The van der Waals surface area contributed by atoms with Gasteiger partial charge in [0.1, 0.15) is 0 Å². The van der Waals surface area contributed by atoms with Crippen LogP contribution >= 0.6 is 11.8 Å². The van der Waals surface area contributed by atoms with Crippen LogP contribution in [-0.4, -0.2) is 57.6 Å². The minimum atomic E-state index is 0.0889. The third-order valence-electron chi connectivity index (χ3n) is 4.53. The highest BCUT2D eigenvalue weighted by atomic mass is 32.2. The molecule has 7 nitrogen and oxygen atoms in total. The minimum absolute atomic E-state index is 0.0889. The molecule has 3 aromatic rings. The van der Waals surface area contributed by atoms with Crippen molar-refractivity contribution < 1.29 is 9.53 Å². The van der Waals surface area contributed by atoms with Crippen LogP contribution < -0.4 is 4.90 Å². The predicted octanol–water partition coefficient (Wildman–Crippen LogP) is 2.59. The van der Waals surface area contributed by atoms with Crippen molar-refractivity contribution in [1.82, 2.24) is 19.7 Å². The number of morpholine rings is 1. The maximum atomic E-state index is 12.7. The fraction of sp³-hybridized carbons (Fsp3) is 0.389. The average molecular weight is 371 g/mol. The number of H-pyrrole nitrogens is 1. The number of aromatic amines is 1. The smallest absolute Gasteiger partial charge is 0.228 e. The van der Waals surface area contributed by atoms with Gasteiger partial charge in [-0.05, 0) is 13.0 Å². The van der Waals surface area contributed by atoms with Gasteiger partial charge in [-0.3, -0.25) is 9.36 Å². The molecule has 26 heavy (non-hydrogen) atoms. The zero-order valence-corrected chi connectivity index (χ0v) is 15.5. The molecule has 0 radical (unpaired) electrons. The van der Waals surface area contributed by atoms with E-state index in [2.05, 4.69) is 31.6 Å². The van der Waals surface area contributed by atoms with Crippen molar-refractivity contribution in [3.8, 4) is 0 Å². The zero-order valence-electron chi connectivity index (χ0n) is 14.6. The van der Waals surface area contributed by atoms with E-state index in [-0.39, 0.29) is 5.78 Å². The molecule has 1 N–H and O–H groups in total. The van der Waals surface area contributed by atoms with E-state index in [9.17, 15) is 4.79 Å². The van der Waals surface area contributed by atoms with Gasteiger partial charge >= 0.3 is 0 Å². The summed E-state index contributed by atoms with van der Waals surface area (Å²) in [5.41, 5.74) is 1.70. The molecule has 1 saturated heterocycles. The van der Waals surface area contributed by atoms with Gasteiger partial charge in [0.05, 0.1) is 19.0 Å². The summed E-state index contributed by atoms with van der Waals surface area (Å²) >= 11 is 1.44. The number of ketones is 1. The molecule has 2 aromatic heterocycles. The molecule has 1 aromatic carbocycles. The highest BCUT2D eigenvalue weighted by Crippen LogP contribution is 2.25. The Balaban J connectivity index is 1.49. The summed E-state index contributed by atoms with van der Waals surface area (Å²) in [6.07, 6.45) is 1.79. The van der Waals surface area contributed by atoms with Crippen molar-refractivity contribution in [2.24, 2.45) is 0 Å². The zero-order chi connectivity index (χ0) is 17.9. The SMILES string of the molecule is CCn1c(SCC(=O)c2c[nH]c3ccccc23)nnc1N1CCOCC1. The average Bonchev–Trinajstić information content (AvgIpc) is 3.30. The lowest BCUT2D eigenvalue weighted by Gasteiger charge is -2.27. The minimum Gasteiger partial charge on any atom is -0.378 e. The Bertz CT molecular complexity index is 913. The standard InChI is InChI=1S/C18H21N5O2S/c1-2-23-17(22-7-9-25-10-8-22)20-21-18(23)26-12-16(24)14-11-19-15-6-4-3-5-13(14)15/h3-6,11,19H,2,7-10,12H2,1H3. The number of hydrogen-bond donors (Lipinski definition) is 1. The van der Waals surface area contributed by atoms with Crippen molar-refractivity contribution >= 4 is 34.4 Å². The number of anilines is 1. The number of nitrogens with one attached hydrogen (secondary N) is 1. The first kappa shape index (κ1) is 17.1. The van der Waals surface area contributed by atoms with Crippen LogP contribution in [-0.2, 0) is 11.3 Å². The summed E-state index contributed by atoms with van der Waals surface area (Å²) < 4.78 is 7.47. The fourth-order valence-electron chi connectivity index (χ4n) is 3.17. The van der Waals surface area contributed by atoms with Gasteiger partial charge in [-0.25, -0.2) is 0 Å². The van der Waals surface area contributed by atoms with Crippen LogP contribution in [0.5, 0.6) is 0 Å². The molecule has 0 bridgehead atoms. The van der Waals surface area contributed by atoms with Crippen molar-refractivity contribution in [2.75, 3.05) is 37.0 Å². The number of hydrogen-bond acceptors (Lipinski definition) is 6. The van der Waals surface area contributed by atoms with E-state index in [1.54, 1.807) is 6.20 Å². The first-order chi connectivity index (χ1) is 12.8. The maximum absolute atomic E-state index is 12.7. The number of rotatable bonds is 6. The highest BCUT2D eigenvalue weighted by molar-refractivity contribution is 7.99. The number of para-hydroxylation sites is 1. The predicted molar refractivity (Wildman–Crippen MR) is 102 cm³/mol. The normalized spacial score (nSPS) is 14.9. The molecule has 0 unspecified atom stereocenters. The van der Waals surface area contributed by atoms with Crippen LogP contribution in [0, 0.1) is 0 Å². The first-order valence-electron chi connectivity index (χ1n) is 8.76. The van der Waals surface area contributed by atoms with E-state index in [1.165, 1.54) is 11.8 Å². The van der Waals surface area contributed by atoms with Crippen LogP contribution in [0.2, 0.25) is 0 Å². The lowest BCUT2D eigenvalue weighted by atomic mass is 10.1. The molecule has 1 aliphatic heterocycles. The molecule has 4 rings (SSSR count). The van der Waals surface area contributed by atoms with Gasteiger partial charge in [-0.15, -0.1) is 10.2 Å².